The van der Waals surface area contributed by atoms with Crippen molar-refractivity contribution in [2.45, 2.75) is 27.7 Å². The Bertz CT molecular complexity index is 2250. The van der Waals surface area contributed by atoms with Crippen LogP contribution < -0.4 is 0 Å². The maximum atomic E-state index is 2.41. The molecule has 0 aliphatic heterocycles. The monoisotopic (exact) mass is 484 g/mol. The molecule has 0 aliphatic carbocycles. The smallest absolute Gasteiger partial charge is 0.00136 e. The van der Waals surface area contributed by atoms with Crippen LogP contribution in [0.5, 0.6) is 0 Å². The van der Waals surface area contributed by atoms with Crippen molar-refractivity contribution in [3.8, 4) is 11.1 Å². The van der Waals surface area contributed by atoms with Crippen molar-refractivity contribution in [1.82, 2.24) is 0 Å². The molecule has 0 unspecified atom stereocenters. The molecular weight excluding hydrogens is 456 g/mol. The van der Waals surface area contributed by atoms with Gasteiger partial charge in [-0.3, -0.25) is 0 Å². The van der Waals surface area contributed by atoms with Crippen LogP contribution in [0, 0.1) is 27.7 Å². The van der Waals surface area contributed by atoms with Gasteiger partial charge in [-0.15, -0.1) is 0 Å². The van der Waals surface area contributed by atoms with Crippen LogP contribution in [-0.4, -0.2) is 0 Å². The highest BCUT2D eigenvalue weighted by atomic mass is 14.2. The maximum absolute atomic E-state index is 2.41. The second-order valence-electron chi connectivity index (χ2n) is 11.3. The molecule has 0 aliphatic rings. The van der Waals surface area contributed by atoms with E-state index in [4.69, 9.17) is 0 Å². The molecule has 0 heterocycles. The first-order chi connectivity index (χ1) is 18.5. The molecule has 180 valence electrons. The predicted molar refractivity (Wildman–Crippen MR) is 167 cm³/mol. The van der Waals surface area contributed by atoms with Crippen LogP contribution in [0.3, 0.4) is 0 Å². The molecule has 38 heavy (non-hydrogen) atoms. The highest BCUT2D eigenvalue weighted by molar-refractivity contribution is 6.41. The molecule has 0 N–H and O–H groups in total. The van der Waals surface area contributed by atoms with Crippen LogP contribution in [0.1, 0.15) is 22.3 Å². The predicted octanol–water partition coefficient (Wildman–Crippen LogP) is 10.9. The first-order valence-corrected chi connectivity index (χ1v) is 13.5. The molecule has 0 aromatic heterocycles. The Balaban J connectivity index is 1.71. The Morgan fingerprint density at radius 3 is 1.74 bits per heavy atom. The minimum atomic E-state index is 1.30. The summed E-state index contributed by atoms with van der Waals surface area (Å²) in [5.41, 5.74) is 7.88. The molecule has 0 atom stereocenters. The fraction of sp³-hybridized carbons (Fsp3) is 0.105. The van der Waals surface area contributed by atoms with E-state index in [1.54, 1.807) is 0 Å². The zero-order chi connectivity index (χ0) is 25.7. The quantitative estimate of drug-likeness (QED) is 0.160. The van der Waals surface area contributed by atoms with E-state index in [1.165, 1.54) is 98.0 Å². The Hall–Kier alpha value is -4.42. The molecular formula is C38H28. The molecule has 0 fully saturated rings. The van der Waals surface area contributed by atoms with Gasteiger partial charge in [-0.25, -0.2) is 0 Å². The molecule has 0 heteroatoms. The molecule has 8 rings (SSSR count). The molecule has 0 nitrogen and oxygen atoms in total. The first kappa shape index (κ1) is 21.6. The fourth-order valence-corrected chi connectivity index (χ4v) is 7.09. The van der Waals surface area contributed by atoms with Gasteiger partial charge < -0.3 is 0 Å². The van der Waals surface area contributed by atoms with E-state index >= 15 is 0 Å². The van der Waals surface area contributed by atoms with Crippen molar-refractivity contribution in [3.05, 3.63) is 119 Å². The van der Waals surface area contributed by atoms with Gasteiger partial charge in [-0.2, -0.15) is 0 Å². The number of rotatable bonds is 1. The number of hydrogen-bond donors (Lipinski definition) is 0. The molecule has 8 aromatic rings. The van der Waals surface area contributed by atoms with Gasteiger partial charge in [0.2, 0.25) is 0 Å². The summed E-state index contributed by atoms with van der Waals surface area (Å²) in [7, 11) is 0. The second kappa shape index (κ2) is 7.55. The molecule has 0 spiro atoms. The Morgan fingerprint density at radius 2 is 0.921 bits per heavy atom. The van der Waals surface area contributed by atoms with Gasteiger partial charge in [0.1, 0.15) is 0 Å². The van der Waals surface area contributed by atoms with E-state index in [9.17, 15) is 0 Å². The molecule has 0 radical (unpaired) electrons. The topological polar surface area (TPSA) is 0 Å². The van der Waals surface area contributed by atoms with Crippen molar-refractivity contribution in [2.24, 2.45) is 0 Å². The number of hydrogen-bond acceptors (Lipinski definition) is 0. The third-order valence-corrected chi connectivity index (χ3v) is 8.47. The maximum Gasteiger partial charge on any atom is -0.00136 e. The third-order valence-electron chi connectivity index (χ3n) is 8.47. The fourth-order valence-electron chi connectivity index (χ4n) is 7.09. The summed E-state index contributed by atoms with van der Waals surface area (Å²) in [4.78, 5) is 0. The van der Waals surface area contributed by atoms with E-state index in [2.05, 4.69) is 125 Å². The van der Waals surface area contributed by atoms with E-state index in [0.29, 0.717) is 0 Å². The zero-order valence-electron chi connectivity index (χ0n) is 22.2. The van der Waals surface area contributed by atoms with Crippen molar-refractivity contribution in [3.63, 3.8) is 0 Å². The van der Waals surface area contributed by atoms with Crippen molar-refractivity contribution in [1.29, 1.82) is 0 Å². The lowest BCUT2D eigenvalue weighted by molar-refractivity contribution is 1.47. The number of aryl methyl sites for hydroxylation is 4. The minimum Gasteiger partial charge on any atom is -0.0616 e. The summed E-state index contributed by atoms with van der Waals surface area (Å²) in [6, 6.07) is 37.1. The number of fused-ring (bicyclic) bond motifs is 5. The highest BCUT2D eigenvalue weighted by Gasteiger charge is 2.21. The first-order valence-electron chi connectivity index (χ1n) is 13.5. The summed E-state index contributed by atoms with van der Waals surface area (Å²) in [5.74, 6) is 0. The van der Waals surface area contributed by atoms with Crippen LogP contribution in [0.25, 0.3) is 75.8 Å². The summed E-state index contributed by atoms with van der Waals surface area (Å²) in [6.07, 6.45) is 0. The van der Waals surface area contributed by atoms with Gasteiger partial charge in [0.15, 0.2) is 0 Å². The van der Waals surface area contributed by atoms with E-state index in [1.807, 2.05) is 0 Å². The van der Waals surface area contributed by atoms with Crippen LogP contribution in [0.4, 0.5) is 0 Å². The van der Waals surface area contributed by atoms with Crippen molar-refractivity contribution >= 4 is 64.6 Å². The standard InChI is InChI=1S/C38H28/c1-21-12-13-27-25(14-21)15-22(2)18-32(27)36-28-8-5-6-9-29(28)38-34-20-24(4)17-26-16-23(3)19-33(35(26)34)30-10-7-11-31(36)37(30)38/h5-20H,1-4H3. The summed E-state index contributed by atoms with van der Waals surface area (Å²) in [5, 5.41) is 16.2. The Morgan fingerprint density at radius 1 is 0.342 bits per heavy atom. The summed E-state index contributed by atoms with van der Waals surface area (Å²) < 4.78 is 0. The van der Waals surface area contributed by atoms with Gasteiger partial charge in [0.25, 0.3) is 0 Å². The lowest BCUT2D eigenvalue weighted by atomic mass is 9.81. The second-order valence-corrected chi connectivity index (χ2v) is 11.3. The largest absolute Gasteiger partial charge is 0.0616 e. The summed E-state index contributed by atoms with van der Waals surface area (Å²) >= 11 is 0. The average molecular weight is 485 g/mol. The Kier molecular flexibility index (Phi) is 4.30. The van der Waals surface area contributed by atoms with E-state index in [0.717, 1.165) is 0 Å². The van der Waals surface area contributed by atoms with Gasteiger partial charge in [-0.1, -0.05) is 103 Å². The van der Waals surface area contributed by atoms with Crippen molar-refractivity contribution in [2.75, 3.05) is 0 Å². The lowest BCUT2D eigenvalue weighted by Crippen LogP contribution is -1.94. The van der Waals surface area contributed by atoms with Crippen LogP contribution >= 0.6 is 0 Å². The third kappa shape index (κ3) is 2.86. The number of benzene rings is 8. The van der Waals surface area contributed by atoms with E-state index in [-0.39, 0.29) is 0 Å². The van der Waals surface area contributed by atoms with E-state index < -0.39 is 0 Å². The normalized spacial score (nSPS) is 12.2. The van der Waals surface area contributed by atoms with Crippen LogP contribution in [-0.2, 0) is 0 Å². The molecule has 0 saturated carbocycles. The SMILES string of the molecule is Cc1ccc2c(-c3c4ccccc4c4c5cc(C)cc6cc(C)cc(c7cccc3c74)c65)cc(C)cc2c1. The zero-order valence-corrected chi connectivity index (χ0v) is 22.2. The lowest BCUT2D eigenvalue weighted by Gasteiger charge is -2.21. The van der Waals surface area contributed by atoms with Gasteiger partial charge >= 0.3 is 0 Å². The Labute approximate surface area is 222 Å². The van der Waals surface area contributed by atoms with Crippen molar-refractivity contribution < 1.29 is 0 Å². The molecule has 0 amide bonds. The molecule has 0 saturated heterocycles. The van der Waals surface area contributed by atoms with Gasteiger partial charge in [0, 0.05) is 0 Å². The molecule has 0 bridgehead atoms. The average Bonchev–Trinajstić information content (AvgIpc) is 2.89. The van der Waals surface area contributed by atoms with Crippen LogP contribution in [0.2, 0.25) is 0 Å². The summed E-state index contributed by atoms with van der Waals surface area (Å²) in [6.45, 7) is 8.86. The van der Waals surface area contributed by atoms with Gasteiger partial charge in [-0.05, 0) is 120 Å². The minimum absolute atomic E-state index is 1.30. The highest BCUT2D eigenvalue weighted by Crippen LogP contribution is 2.49. The van der Waals surface area contributed by atoms with Gasteiger partial charge in [0.05, 0.1) is 0 Å². The van der Waals surface area contributed by atoms with Crippen LogP contribution in [0.15, 0.2) is 97.1 Å². The molecule has 8 aromatic carbocycles.